The van der Waals surface area contributed by atoms with Crippen LogP contribution in [0.5, 0.6) is 0 Å². The summed E-state index contributed by atoms with van der Waals surface area (Å²) in [5.74, 6) is -8.91. The lowest BCUT2D eigenvalue weighted by Gasteiger charge is -2.38. The number of hydrogen-bond donors (Lipinski definition) is 2. The van der Waals surface area contributed by atoms with Gasteiger partial charge >= 0.3 is 5.92 Å². The van der Waals surface area contributed by atoms with E-state index in [2.05, 4.69) is 10.2 Å². The van der Waals surface area contributed by atoms with Gasteiger partial charge in [0.15, 0.2) is 0 Å². The van der Waals surface area contributed by atoms with Crippen LogP contribution in [0.25, 0.3) is 4.85 Å². The number of amides is 2. The largest absolute Gasteiger partial charge is 0.390 e. The van der Waals surface area contributed by atoms with Crippen LogP contribution in [0.3, 0.4) is 0 Å². The first-order valence-electron chi connectivity index (χ1n) is 10.2. The van der Waals surface area contributed by atoms with E-state index in [1.54, 1.807) is 6.92 Å². The predicted molar refractivity (Wildman–Crippen MR) is 112 cm³/mol. The number of alkyl halides is 2. The van der Waals surface area contributed by atoms with Crippen molar-refractivity contribution in [2.75, 3.05) is 18.4 Å². The summed E-state index contributed by atoms with van der Waals surface area (Å²) >= 11 is 0. The number of hydrogen-bond acceptors (Lipinski definition) is 3. The highest BCUT2D eigenvalue weighted by Gasteiger charge is 2.47. The van der Waals surface area contributed by atoms with Crippen LogP contribution in [0.2, 0.25) is 0 Å². The van der Waals surface area contributed by atoms with Gasteiger partial charge < -0.3 is 15.3 Å². The quantitative estimate of drug-likeness (QED) is 0.502. The van der Waals surface area contributed by atoms with Crippen LogP contribution in [0.4, 0.5) is 28.9 Å². The third-order valence-corrected chi connectivity index (χ3v) is 5.80. The van der Waals surface area contributed by atoms with Gasteiger partial charge in [-0.3, -0.25) is 9.59 Å². The molecule has 33 heavy (non-hydrogen) atoms. The van der Waals surface area contributed by atoms with E-state index in [0.717, 1.165) is 23.1 Å². The Morgan fingerprint density at radius 1 is 1.15 bits per heavy atom. The smallest absolute Gasteiger partial charge is 0.352 e. The van der Waals surface area contributed by atoms with Crippen LogP contribution in [-0.4, -0.2) is 40.5 Å². The van der Waals surface area contributed by atoms with Gasteiger partial charge in [-0.05, 0) is 55.7 Å². The first-order valence-corrected chi connectivity index (χ1v) is 10.2. The molecule has 1 saturated heterocycles. The highest BCUT2D eigenvalue weighted by Crippen LogP contribution is 2.35. The molecule has 0 saturated carbocycles. The molecule has 2 aromatic rings. The number of aliphatic hydroxyl groups is 1. The summed E-state index contributed by atoms with van der Waals surface area (Å²) in [4.78, 5) is 28.8. The minimum absolute atomic E-state index is 0.0397. The van der Waals surface area contributed by atoms with Crippen LogP contribution < -0.4 is 5.32 Å². The van der Waals surface area contributed by atoms with Crippen molar-refractivity contribution in [3.63, 3.8) is 0 Å². The maximum Gasteiger partial charge on any atom is 0.352 e. The highest BCUT2D eigenvalue weighted by atomic mass is 19.3. The fourth-order valence-corrected chi connectivity index (χ4v) is 3.58. The normalized spacial score (nSPS) is 15.6. The van der Waals surface area contributed by atoms with Crippen molar-refractivity contribution < 1.29 is 32.3 Å². The average molecular weight is 463 g/mol. The minimum Gasteiger partial charge on any atom is -0.390 e. The highest BCUT2D eigenvalue weighted by molar-refractivity contribution is 6.04. The molecule has 0 radical (unpaired) electrons. The van der Waals surface area contributed by atoms with E-state index >= 15 is 0 Å². The van der Waals surface area contributed by atoms with Crippen molar-refractivity contribution in [1.82, 2.24) is 4.90 Å². The number of likely N-dealkylation sites (tertiary alicyclic amines) is 1. The van der Waals surface area contributed by atoms with Gasteiger partial charge in [0.05, 0.1) is 17.7 Å². The summed E-state index contributed by atoms with van der Waals surface area (Å²) in [5, 5.41) is 12.6. The second-order valence-electron chi connectivity index (χ2n) is 7.87. The Morgan fingerprint density at radius 3 is 2.39 bits per heavy atom. The summed E-state index contributed by atoms with van der Waals surface area (Å²) in [7, 11) is 0. The van der Waals surface area contributed by atoms with Crippen molar-refractivity contribution >= 4 is 23.2 Å². The monoisotopic (exact) mass is 463 g/mol. The van der Waals surface area contributed by atoms with Crippen molar-refractivity contribution in [2.24, 2.45) is 0 Å². The molecule has 3 rings (SSSR count). The predicted octanol–water partition coefficient (Wildman–Crippen LogP) is 4.62. The molecule has 0 atom stereocenters. The molecular weight excluding hydrogens is 442 g/mol. The molecule has 0 spiro atoms. The van der Waals surface area contributed by atoms with Crippen molar-refractivity contribution in [1.29, 1.82) is 0 Å². The fourth-order valence-electron chi connectivity index (χ4n) is 3.58. The molecular formula is C23H21F4N3O3. The van der Waals surface area contributed by atoms with E-state index in [9.17, 15) is 32.3 Å². The Balaban J connectivity index is 1.82. The van der Waals surface area contributed by atoms with E-state index in [1.807, 2.05) is 0 Å². The SMILES string of the molecule is [C-]#[N+]c1cc(NC(=O)c2ccc(F)c(C(F)(F)C(=O)N3CCC(O)(CC)CC3)c2)ccc1F. The third kappa shape index (κ3) is 4.98. The Labute approximate surface area is 187 Å². The standard InChI is InChI=1S/C23H21F4N3O3/c1-3-22(33)8-10-30(11-9-22)21(32)23(26,27)16-12-14(4-6-17(16)24)20(31)29-15-5-7-18(25)19(13-15)28-2/h4-7,12-13,33H,3,8-11H2,1H3,(H,29,31). The van der Waals surface area contributed by atoms with Crippen molar-refractivity contribution in [3.05, 3.63) is 70.6 Å². The number of rotatable bonds is 5. The summed E-state index contributed by atoms with van der Waals surface area (Å²) in [5.41, 5.74) is -2.94. The second kappa shape index (κ2) is 9.19. The Bertz CT molecular complexity index is 1120. The molecule has 1 fully saturated rings. The van der Waals surface area contributed by atoms with Gasteiger partial charge in [-0.1, -0.05) is 6.92 Å². The zero-order valence-corrected chi connectivity index (χ0v) is 17.7. The van der Waals surface area contributed by atoms with Gasteiger partial charge in [-0.2, -0.15) is 8.78 Å². The van der Waals surface area contributed by atoms with Gasteiger partial charge in [0, 0.05) is 24.3 Å². The van der Waals surface area contributed by atoms with Crippen molar-refractivity contribution in [2.45, 2.75) is 37.7 Å². The Kier molecular flexibility index (Phi) is 6.74. The third-order valence-electron chi connectivity index (χ3n) is 5.80. The van der Waals surface area contributed by atoms with Crippen LogP contribution >= 0.6 is 0 Å². The lowest BCUT2D eigenvalue weighted by atomic mass is 9.88. The van der Waals surface area contributed by atoms with Gasteiger partial charge in [-0.15, -0.1) is 0 Å². The molecule has 1 aliphatic rings. The van der Waals surface area contributed by atoms with Crippen LogP contribution in [0, 0.1) is 18.2 Å². The van der Waals surface area contributed by atoms with Gasteiger partial charge in [0.2, 0.25) is 5.69 Å². The number of nitrogens with one attached hydrogen (secondary N) is 1. The van der Waals surface area contributed by atoms with Gasteiger partial charge in [0.25, 0.3) is 11.8 Å². The maximum absolute atomic E-state index is 15.0. The summed E-state index contributed by atoms with van der Waals surface area (Å²) < 4.78 is 57.7. The zero-order valence-electron chi connectivity index (χ0n) is 17.7. The molecule has 2 amide bonds. The van der Waals surface area contributed by atoms with Crippen LogP contribution in [0.15, 0.2) is 36.4 Å². The van der Waals surface area contributed by atoms with Gasteiger partial charge in [-0.25, -0.2) is 13.6 Å². The minimum atomic E-state index is -4.24. The molecule has 10 heteroatoms. The fraction of sp³-hybridized carbons (Fsp3) is 0.348. The number of nitrogens with zero attached hydrogens (tertiary/aromatic N) is 2. The number of halogens is 4. The summed E-state index contributed by atoms with van der Waals surface area (Å²) in [6, 6.07) is 5.43. The number of carbonyl (C=O) groups is 2. The topological polar surface area (TPSA) is 74.0 Å². The number of anilines is 1. The molecule has 0 aromatic heterocycles. The first kappa shape index (κ1) is 24.2. The average Bonchev–Trinajstić information content (AvgIpc) is 2.80. The van der Waals surface area contributed by atoms with E-state index in [-0.39, 0.29) is 42.9 Å². The summed E-state index contributed by atoms with van der Waals surface area (Å²) in [6.07, 6.45) is 0.670. The molecule has 0 bridgehead atoms. The summed E-state index contributed by atoms with van der Waals surface area (Å²) in [6.45, 7) is 8.45. The molecule has 1 aliphatic heterocycles. The lowest BCUT2D eigenvalue weighted by Crippen LogP contribution is -2.50. The van der Waals surface area contributed by atoms with E-state index in [4.69, 9.17) is 6.57 Å². The maximum atomic E-state index is 15.0. The van der Waals surface area contributed by atoms with Gasteiger partial charge in [0.1, 0.15) is 11.6 Å². The lowest BCUT2D eigenvalue weighted by molar-refractivity contribution is -0.163. The number of piperidine rings is 1. The van der Waals surface area contributed by atoms with Crippen LogP contribution in [-0.2, 0) is 10.7 Å². The molecule has 2 N–H and O–H groups in total. The number of carbonyl (C=O) groups excluding carboxylic acids is 2. The van der Waals surface area contributed by atoms with E-state index in [0.29, 0.717) is 18.6 Å². The van der Waals surface area contributed by atoms with Crippen molar-refractivity contribution in [3.8, 4) is 0 Å². The van der Waals surface area contributed by atoms with Crippen LogP contribution in [0.1, 0.15) is 42.1 Å². The second-order valence-corrected chi connectivity index (χ2v) is 7.87. The molecule has 0 unspecified atom stereocenters. The molecule has 174 valence electrons. The molecule has 1 heterocycles. The van der Waals surface area contributed by atoms with E-state index < -0.39 is 40.5 Å². The van der Waals surface area contributed by atoms with E-state index in [1.165, 1.54) is 6.07 Å². The first-order chi connectivity index (χ1) is 15.5. The molecule has 0 aliphatic carbocycles. The Morgan fingerprint density at radius 2 is 1.79 bits per heavy atom. The Hall–Kier alpha value is -3.45. The number of benzene rings is 2. The zero-order chi connectivity index (χ0) is 24.4. The molecule has 6 nitrogen and oxygen atoms in total. The molecule has 2 aromatic carbocycles.